The Hall–Kier alpha value is -2.42. The van der Waals surface area contributed by atoms with Gasteiger partial charge in [-0.1, -0.05) is 118 Å². The van der Waals surface area contributed by atoms with Crippen LogP contribution in [-0.2, 0) is 6.42 Å². The Morgan fingerprint density at radius 2 is 1.55 bits per heavy atom. The first-order valence-electron chi connectivity index (χ1n) is 16.0. The first-order chi connectivity index (χ1) is 19.1. The van der Waals surface area contributed by atoms with Crippen LogP contribution in [0.3, 0.4) is 0 Å². The van der Waals surface area contributed by atoms with Crippen LogP contribution < -0.4 is 0 Å². The summed E-state index contributed by atoms with van der Waals surface area (Å²) in [4.78, 5) is 15.9. The minimum absolute atomic E-state index is 0.0267. The fourth-order valence-electron chi connectivity index (χ4n) is 4.91. The molecule has 1 unspecified atom stereocenters. The van der Waals surface area contributed by atoms with Crippen LogP contribution in [-0.4, -0.2) is 17.4 Å². The highest BCUT2D eigenvalue weighted by atomic mass is 19.1. The van der Waals surface area contributed by atoms with Gasteiger partial charge in [-0.05, 0) is 84.9 Å². The second-order valence-corrected chi connectivity index (χ2v) is 11.7. The Morgan fingerprint density at radius 3 is 2.10 bits per heavy atom. The number of nitrogens with zero attached hydrogens (tertiary/aromatic N) is 1. The third kappa shape index (κ3) is 12.0. The molecule has 2 aromatic rings. The molecule has 0 bridgehead atoms. The molecule has 0 aliphatic rings. The second-order valence-electron chi connectivity index (χ2n) is 11.7. The highest BCUT2D eigenvalue weighted by Crippen LogP contribution is 2.29. The number of carbonyl (C=O) groups excluding carboxylic acids is 1. The molecule has 2 nitrogen and oxygen atoms in total. The normalized spacial score (nSPS) is 11.7. The van der Waals surface area contributed by atoms with Gasteiger partial charge in [-0.3, -0.25) is 4.79 Å². The minimum Gasteiger partial charge on any atom is -0.312 e. The van der Waals surface area contributed by atoms with Crippen molar-refractivity contribution in [2.75, 3.05) is 6.54 Å². The molecule has 2 rings (SSSR count). The zero-order valence-corrected chi connectivity index (χ0v) is 27.0. The molecule has 0 fully saturated rings. The zero-order chi connectivity index (χ0) is 30.1. The number of hydrogen-bond donors (Lipinski definition) is 0. The SMILES string of the molecule is C=C(CC)N(CC(CC)CCCC)C(=O)c1cc(-c2cc(F)ccc2C)ccc1CCCC.CCCCC(C)C. The lowest BCUT2D eigenvalue weighted by molar-refractivity contribution is 0.0775. The van der Waals surface area contributed by atoms with Crippen LogP contribution in [0.2, 0.25) is 0 Å². The molecule has 0 aromatic heterocycles. The number of hydrogen-bond acceptors (Lipinski definition) is 1. The smallest absolute Gasteiger partial charge is 0.258 e. The lowest BCUT2D eigenvalue weighted by atomic mass is 9.93. The number of benzene rings is 2. The van der Waals surface area contributed by atoms with Crippen molar-refractivity contribution in [3.8, 4) is 11.1 Å². The van der Waals surface area contributed by atoms with E-state index in [0.717, 1.165) is 84.4 Å². The molecular weight excluding hydrogens is 493 g/mol. The first-order valence-corrected chi connectivity index (χ1v) is 16.0. The van der Waals surface area contributed by atoms with E-state index >= 15 is 0 Å². The molecular formula is C37H58FNO. The Bertz CT molecular complexity index is 1020. The zero-order valence-electron chi connectivity index (χ0n) is 27.0. The summed E-state index contributed by atoms with van der Waals surface area (Å²) in [6.45, 7) is 22.3. The van der Waals surface area contributed by atoms with Crippen LogP contribution in [0, 0.1) is 24.6 Å². The fraction of sp³-hybridized carbons (Fsp3) is 0.595. The van der Waals surface area contributed by atoms with E-state index in [9.17, 15) is 9.18 Å². The Balaban J connectivity index is 0.00000101. The average molecular weight is 552 g/mol. The maximum Gasteiger partial charge on any atom is 0.258 e. The lowest BCUT2D eigenvalue weighted by Gasteiger charge is -2.29. The van der Waals surface area contributed by atoms with E-state index in [4.69, 9.17) is 0 Å². The average Bonchev–Trinajstić information content (AvgIpc) is 2.96. The molecule has 3 heteroatoms. The van der Waals surface area contributed by atoms with Crippen LogP contribution in [0.4, 0.5) is 4.39 Å². The first kappa shape index (κ1) is 35.6. The molecule has 0 N–H and O–H groups in total. The lowest BCUT2D eigenvalue weighted by Crippen LogP contribution is -2.35. The van der Waals surface area contributed by atoms with Crippen molar-refractivity contribution in [3.05, 3.63) is 71.2 Å². The Labute approximate surface area is 246 Å². The summed E-state index contributed by atoms with van der Waals surface area (Å²) in [6, 6.07) is 10.9. The predicted molar refractivity (Wildman–Crippen MR) is 173 cm³/mol. The molecule has 0 aliphatic carbocycles. The van der Waals surface area contributed by atoms with Crippen LogP contribution in [0.5, 0.6) is 0 Å². The van der Waals surface area contributed by atoms with Gasteiger partial charge in [-0.15, -0.1) is 0 Å². The van der Waals surface area contributed by atoms with Gasteiger partial charge >= 0.3 is 0 Å². The highest BCUT2D eigenvalue weighted by Gasteiger charge is 2.24. The third-order valence-electron chi connectivity index (χ3n) is 7.80. The van der Waals surface area contributed by atoms with Crippen molar-refractivity contribution in [1.29, 1.82) is 0 Å². The molecule has 2 aromatic carbocycles. The fourth-order valence-corrected chi connectivity index (χ4v) is 4.91. The van der Waals surface area contributed by atoms with E-state index in [2.05, 4.69) is 61.1 Å². The number of carbonyl (C=O) groups is 1. The molecule has 1 atom stereocenters. The van der Waals surface area contributed by atoms with E-state index in [1.54, 1.807) is 12.1 Å². The second kappa shape index (κ2) is 19.6. The van der Waals surface area contributed by atoms with Gasteiger partial charge in [-0.25, -0.2) is 4.39 Å². The summed E-state index contributed by atoms with van der Waals surface area (Å²) in [5.41, 5.74) is 5.37. The number of rotatable bonds is 16. The van der Waals surface area contributed by atoms with Crippen LogP contribution >= 0.6 is 0 Å². The molecule has 0 heterocycles. The molecule has 0 saturated heterocycles. The van der Waals surface area contributed by atoms with Crippen LogP contribution in [0.25, 0.3) is 11.1 Å². The van der Waals surface area contributed by atoms with E-state index in [1.165, 1.54) is 31.7 Å². The number of aryl methyl sites for hydroxylation is 2. The molecule has 40 heavy (non-hydrogen) atoms. The van der Waals surface area contributed by atoms with Crippen molar-refractivity contribution >= 4 is 5.91 Å². The van der Waals surface area contributed by atoms with Crippen molar-refractivity contribution in [3.63, 3.8) is 0 Å². The van der Waals surface area contributed by atoms with Crippen molar-refractivity contribution < 1.29 is 9.18 Å². The van der Waals surface area contributed by atoms with Gasteiger partial charge in [0.15, 0.2) is 0 Å². The number of amides is 1. The molecule has 0 radical (unpaired) electrons. The summed E-state index contributed by atoms with van der Waals surface area (Å²) < 4.78 is 14.0. The summed E-state index contributed by atoms with van der Waals surface area (Å²) >= 11 is 0. The summed E-state index contributed by atoms with van der Waals surface area (Å²) in [5.74, 6) is 1.13. The molecule has 1 amide bonds. The van der Waals surface area contributed by atoms with E-state index in [0.29, 0.717) is 12.5 Å². The van der Waals surface area contributed by atoms with Gasteiger partial charge in [0, 0.05) is 17.8 Å². The van der Waals surface area contributed by atoms with Gasteiger partial charge in [0.25, 0.3) is 5.91 Å². The van der Waals surface area contributed by atoms with Crippen LogP contribution in [0.15, 0.2) is 48.7 Å². The molecule has 0 aliphatic heterocycles. The monoisotopic (exact) mass is 551 g/mol. The summed E-state index contributed by atoms with van der Waals surface area (Å²) in [7, 11) is 0. The van der Waals surface area contributed by atoms with Gasteiger partial charge in [-0.2, -0.15) is 0 Å². The number of unbranched alkanes of at least 4 members (excludes halogenated alkanes) is 3. The van der Waals surface area contributed by atoms with E-state index in [-0.39, 0.29) is 11.7 Å². The maximum atomic E-state index is 14.0. The molecule has 0 spiro atoms. The molecule has 0 saturated carbocycles. The van der Waals surface area contributed by atoms with Gasteiger partial charge in [0.05, 0.1) is 0 Å². The van der Waals surface area contributed by atoms with E-state index in [1.807, 2.05) is 24.0 Å². The van der Waals surface area contributed by atoms with E-state index < -0.39 is 0 Å². The highest BCUT2D eigenvalue weighted by molar-refractivity contribution is 5.98. The van der Waals surface area contributed by atoms with Crippen molar-refractivity contribution in [2.24, 2.45) is 11.8 Å². The summed E-state index contributed by atoms with van der Waals surface area (Å²) in [5, 5.41) is 0. The van der Waals surface area contributed by atoms with Crippen LogP contribution in [0.1, 0.15) is 134 Å². The quantitative estimate of drug-likeness (QED) is 0.203. The van der Waals surface area contributed by atoms with Gasteiger partial charge in [0.2, 0.25) is 0 Å². The maximum absolute atomic E-state index is 14.0. The minimum atomic E-state index is -0.263. The standard InChI is InChI=1S/C30H42FNO.C7H16/c1-7-11-13-24(10-4)21-32(23(6)9-3)30(33)29-19-26(17-16-25(29)14-12-8-2)28-20-27(31)18-15-22(28)5;1-4-5-6-7(2)3/h15-20,24H,6-14,21H2,1-5H3;7H,4-6H2,1-3H3. The Morgan fingerprint density at radius 1 is 0.900 bits per heavy atom. The topological polar surface area (TPSA) is 20.3 Å². The largest absolute Gasteiger partial charge is 0.312 e. The van der Waals surface area contributed by atoms with Crippen molar-refractivity contribution in [1.82, 2.24) is 4.90 Å². The number of allylic oxidation sites excluding steroid dienone is 1. The third-order valence-corrected chi connectivity index (χ3v) is 7.80. The van der Waals surface area contributed by atoms with Gasteiger partial charge in [0.1, 0.15) is 5.82 Å². The van der Waals surface area contributed by atoms with Gasteiger partial charge < -0.3 is 4.90 Å². The molecule has 224 valence electrons. The summed E-state index contributed by atoms with van der Waals surface area (Å²) in [6.07, 6.45) is 12.4. The Kier molecular flexibility index (Phi) is 17.5. The number of halogens is 1. The predicted octanol–water partition coefficient (Wildman–Crippen LogP) is 11.6. The van der Waals surface area contributed by atoms with Crippen molar-refractivity contribution in [2.45, 2.75) is 126 Å².